The van der Waals surface area contributed by atoms with Gasteiger partial charge in [-0.15, -0.1) is 17.0 Å². The highest BCUT2D eigenvalue weighted by Gasteiger charge is 2.50. The van der Waals surface area contributed by atoms with Gasteiger partial charge in [0, 0.05) is 22.5 Å². The number of fused-ring (bicyclic) bond motifs is 1. The van der Waals surface area contributed by atoms with Crippen molar-refractivity contribution in [3.8, 4) is 5.75 Å². The van der Waals surface area contributed by atoms with Crippen molar-refractivity contribution in [2.24, 2.45) is 0 Å². The minimum Gasteiger partial charge on any atom is -0.506 e. The Hall–Kier alpha value is -0.550. The van der Waals surface area contributed by atoms with E-state index < -0.39 is 0 Å². The zero-order chi connectivity index (χ0) is 16.9. The van der Waals surface area contributed by atoms with Crippen molar-refractivity contribution in [2.75, 3.05) is 13.6 Å². The SMILES string of the molecule is Br.CN1CCc2cc(Cl)c(O)cc2C1C1(c2ccccc2Br)CCC1. The lowest BCUT2D eigenvalue weighted by Crippen LogP contribution is -2.50. The van der Waals surface area contributed by atoms with Crippen LogP contribution in [0.4, 0.5) is 0 Å². The first kappa shape index (κ1) is 19.2. The van der Waals surface area contributed by atoms with E-state index in [1.165, 1.54) is 40.4 Å². The maximum Gasteiger partial charge on any atom is 0.134 e. The zero-order valence-electron chi connectivity index (χ0n) is 14.1. The largest absolute Gasteiger partial charge is 0.506 e. The molecule has 2 nitrogen and oxygen atoms in total. The maximum atomic E-state index is 10.2. The van der Waals surface area contributed by atoms with E-state index in [1.807, 2.05) is 12.1 Å². The van der Waals surface area contributed by atoms with Crippen LogP contribution in [-0.4, -0.2) is 23.6 Å². The summed E-state index contributed by atoms with van der Waals surface area (Å²) in [5.74, 6) is 0.192. The number of aromatic hydroxyl groups is 1. The molecule has 1 N–H and O–H groups in total. The van der Waals surface area contributed by atoms with Gasteiger partial charge in [0.25, 0.3) is 0 Å². The molecule has 0 amide bonds. The number of hydrogen-bond donors (Lipinski definition) is 1. The number of halogens is 3. The van der Waals surface area contributed by atoms with Crippen LogP contribution in [0.5, 0.6) is 5.75 Å². The Morgan fingerprint density at radius 2 is 1.96 bits per heavy atom. The molecular formula is C20H22Br2ClNO. The molecule has 0 spiro atoms. The topological polar surface area (TPSA) is 23.5 Å². The fraction of sp³-hybridized carbons (Fsp3) is 0.400. The van der Waals surface area contributed by atoms with Crippen molar-refractivity contribution < 1.29 is 5.11 Å². The van der Waals surface area contributed by atoms with E-state index in [0.29, 0.717) is 5.02 Å². The van der Waals surface area contributed by atoms with Gasteiger partial charge in [0.2, 0.25) is 0 Å². The first-order valence-corrected chi connectivity index (χ1v) is 9.66. The standard InChI is InChI=1S/C20H21BrClNO.BrH/c1-23-10-7-13-11-17(22)18(24)12-14(13)19(23)20(8-4-9-20)15-5-2-3-6-16(15)21;/h2-3,5-6,11-12,19,24H,4,7-10H2,1H3;1H. The van der Waals surface area contributed by atoms with E-state index >= 15 is 0 Å². The normalized spacial score (nSPS) is 21.8. The third-order valence-corrected chi connectivity index (χ3v) is 6.85. The molecule has 1 heterocycles. The van der Waals surface area contributed by atoms with E-state index in [9.17, 15) is 5.11 Å². The number of likely N-dealkylation sites (N-methyl/N-ethyl adjacent to an activating group) is 1. The molecule has 134 valence electrons. The van der Waals surface area contributed by atoms with Crippen LogP contribution >= 0.6 is 44.5 Å². The monoisotopic (exact) mass is 485 g/mol. The molecule has 1 unspecified atom stereocenters. The highest BCUT2D eigenvalue weighted by Crippen LogP contribution is 2.57. The Bertz CT molecular complexity index is 791. The van der Waals surface area contributed by atoms with Crippen LogP contribution in [0.15, 0.2) is 40.9 Å². The van der Waals surface area contributed by atoms with E-state index in [4.69, 9.17) is 11.6 Å². The van der Waals surface area contributed by atoms with Crippen molar-refractivity contribution >= 4 is 44.5 Å². The Morgan fingerprint density at radius 1 is 1.24 bits per heavy atom. The maximum absolute atomic E-state index is 10.2. The minimum atomic E-state index is 0. The summed E-state index contributed by atoms with van der Waals surface area (Å²) in [6.45, 7) is 1.02. The highest BCUT2D eigenvalue weighted by atomic mass is 79.9. The summed E-state index contributed by atoms with van der Waals surface area (Å²) in [6, 6.07) is 12.7. The molecule has 1 aliphatic heterocycles. The molecule has 1 atom stereocenters. The van der Waals surface area contributed by atoms with Gasteiger partial charge < -0.3 is 5.11 Å². The molecule has 1 fully saturated rings. The summed E-state index contributed by atoms with van der Waals surface area (Å²) in [6.07, 6.45) is 4.58. The van der Waals surface area contributed by atoms with Crippen molar-refractivity contribution in [3.63, 3.8) is 0 Å². The van der Waals surface area contributed by atoms with Gasteiger partial charge in [-0.3, -0.25) is 4.90 Å². The first-order valence-electron chi connectivity index (χ1n) is 8.49. The Labute approximate surface area is 173 Å². The number of phenolic OH excluding ortho intramolecular Hbond substituents is 1. The van der Waals surface area contributed by atoms with Gasteiger partial charge in [-0.25, -0.2) is 0 Å². The molecule has 0 bridgehead atoms. The second-order valence-electron chi connectivity index (χ2n) is 7.13. The van der Waals surface area contributed by atoms with E-state index in [0.717, 1.165) is 13.0 Å². The number of rotatable bonds is 2. The lowest BCUT2D eigenvalue weighted by molar-refractivity contribution is 0.0710. The molecule has 1 aliphatic carbocycles. The summed E-state index contributed by atoms with van der Waals surface area (Å²) in [5, 5.41) is 10.7. The van der Waals surface area contributed by atoms with E-state index in [1.54, 1.807) is 0 Å². The van der Waals surface area contributed by atoms with Crippen molar-refractivity contribution in [3.05, 3.63) is 62.6 Å². The average Bonchev–Trinajstić information content (AvgIpc) is 2.52. The average molecular weight is 488 g/mol. The van der Waals surface area contributed by atoms with Crippen molar-refractivity contribution in [1.82, 2.24) is 4.90 Å². The molecule has 0 aromatic heterocycles. The third kappa shape index (κ3) is 3.05. The van der Waals surface area contributed by atoms with Crippen LogP contribution in [0, 0.1) is 0 Å². The number of nitrogens with zero attached hydrogens (tertiary/aromatic N) is 1. The summed E-state index contributed by atoms with van der Waals surface area (Å²) in [4.78, 5) is 2.45. The number of hydrogen-bond acceptors (Lipinski definition) is 2. The van der Waals surface area contributed by atoms with E-state index in [2.05, 4.69) is 52.1 Å². The van der Waals surface area contributed by atoms with Gasteiger partial charge in [0.05, 0.1) is 5.02 Å². The summed E-state index contributed by atoms with van der Waals surface area (Å²) < 4.78 is 1.18. The van der Waals surface area contributed by atoms with Gasteiger partial charge in [0.1, 0.15) is 5.75 Å². The molecule has 2 aromatic carbocycles. The molecule has 0 saturated heterocycles. The van der Waals surface area contributed by atoms with Crippen molar-refractivity contribution in [2.45, 2.75) is 37.1 Å². The minimum absolute atomic E-state index is 0. The quantitative estimate of drug-likeness (QED) is 0.559. The summed E-state index contributed by atoms with van der Waals surface area (Å²) >= 11 is 9.93. The van der Waals surface area contributed by atoms with Crippen LogP contribution in [0.1, 0.15) is 42.0 Å². The van der Waals surface area contributed by atoms with Gasteiger partial charge in [-0.05, 0) is 61.2 Å². The third-order valence-electron chi connectivity index (χ3n) is 5.86. The lowest BCUT2D eigenvalue weighted by Gasteiger charge is -2.54. The molecule has 0 radical (unpaired) electrons. The predicted molar refractivity (Wildman–Crippen MR) is 112 cm³/mol. The highest BCUT2D eigenvalue weighted by molar-refractivity contribution is 9.10. The predicted octanol–water partition coefficient (Wildman–Crippen LogP) is 6.04. The Balaban J connectivity index is 0.00000182. The van der Waals surface area contributed by atoms with Crippen LogP contribution in [-0.2, 0) is 11.8 Å². The molecule has 2 aliphatic rings. The second-order valence-corrected chi connectivity index (χ2v) is 8.39. The second kappa shape index (κ2) is 7.22. The number of benzene rings is 2. The van der Waals surface area contributed by atoms with Crippen LogP contribution in [0.25, 0.3) is 0 Å². The van der Waals surface area contributed by atoms with Gasteiger partial charge >= 0.3 is 0 Å². The summed E-state index contributed by atoms with van der Waals surface area (Å²) in [5.41, 5.74) is 4.00. The molecule has 5 heteroatoms. The van der Waals surface area contributed by atoms with E-state index in [-0.39, 0.29) is 34.2 Å². The molecule has 25 heavy (non-hydrogen) atoms. The fourth-order valence-electron chi connectivity index (χ4n) is 4.59. The zero-order valence-corrected chi connectivity index (χ0v) is 18.2. The lowest BCUT2D eigenvalue weighted by atomic mass is 9.57. The van der Waals surface area contributed by atoms with Gasteiger partial charge in [-0.1, -0.05) is 52.2 Å². The Kier molecular flexibility index (Phi) is 5.55. The Morgan fingerprint density at radius 3 is 2.60 bits per heavy atom. The molecular weight excluding hydrogens is 465 g/mol. The van der Waals surface area contributed by atoms with Crippen LogP contribution in [0.2, 0.25) is 5.02 Å². The molecule has 4 rings (SSSR count). The first-order chi connectivity index (χ1) is 11.5. The number of phenols is 1. The summed E-state index contributed by atoms with van der Waals surface area (Å²) in [7, 11) is 2.20. The smallest absolute Gasteiger partial charge is 0.134 e. The van der Waals surface area contributed by atoms with Crippen LogP contribution in [0.3, 0.4) is 0 Å². The molecule has 2 aromatic rings. The molecule has 1 saturated carbocycles. The van der Waals surface area contributed by atoms with Gasteiger partial charge in [0.15, 0.2) is 0 Å². The van der Waals surface area contributed by atoms with Crippen LogP contribution < -0.4 is 0 Å². The van der Waals surface area contributed by atoms with Gasteiger partial charge in [-0.2, -0.15) is 0 Å². The fourth-order valence-corrected chi connectivity index (χ4v) is 5.45. The van der Waals surface area contributed by atoms with Crippen molar-refractivity contribution in [1.29, 1.82) is 0 Å².